The quantitative estimate of drug-likeness (QED) is 0.800. The first-order valence-electron chi connectivity index (χ1n) is 5.81. The zero-order valence-electron chi connectivity index (χ0n) is 10.9. The zero-order chi connectivity index (χ0) is 13.1. The number of benzene rings is 1. The normalized spacial score (nSPS) is 11.8. The Balaban J connectivity index is 2.71. The van der Waals surface area contributed by atoms with Crippen molar-refractivity contribution in [1.82, 2.24) is 0 Å². The molecule has 0 radical (unpaired) electrons. The first-order chi connectivity index (χ1) is 7.80. The van der Waals surface area contributed by atoms with E-state index in [4.69, 9.17) is 5.11 Å². The summed E-state index contributed by atoms with van der Waals surface area (Å²) in [5.41, 5.74) is 1.31. The van der Waals surface area contributed by atoms with Gasteiger partial charge in [-0.25, -0.2) is 0 Å². The standard InChI is InChI=1S/C14H20O2S/c1-10(2)11-5-7-12(8-6-11)17-14(3,4)9-13(15)16/h5-8,10H,9H2,1-4H3,(H,15,16). The topological polar surface area (TPSA) is 37.3 Å². The van der Waals surface area contributed by atoms with Crippen LogP contribution >= 0.6 is 11.8 Å². The molecule has 0 aliphatic carbocycles. The van der Waals surface area contributed by atoms with Crippen molar-refractivity contribution in [3.05, 3.63) is 29.8 Å². The summed E-state index contributed by atoms with van der Waals surface area (Å²) >= 11 is 1.61. The van der Waals surface area contributed by atoms with Crippen molar-refractivity contribution < 1.29 is 9.90 Å². The summed E-state index contributed by atoms with van der Waals surface area (Å²) in [5, 5.41) is 8.83. The van der Waals surface area contributed by atoms with Crippen molar-refractivity contribution in [3.8, 4) is 0 Å². The lowest BCUT2D eigenvalue weighted by Gasteiger charge is -2.21. The molecule has 94 valence electrons. The Kier molecular flexibility index (Phi) is 4.63. The summed E-state index contributed by atoms with van der Waals surface area (Å²) in [6.45, 7) is 8.25. The van der Waals surface area contributed by atoms with E-state index in [1.54, 1.807) is 11.8 Å². The van der Waals surface area contributed by atoms with Gasteiger partial charge in [-0.1, -0.05) is 26.0 Å². The third-order valence-corrected chi connectivity index (χ3v) is 3.72. The Hall–Kier alpha value is -0.960. The number of hydrogen-bond donors (Lipinski definition) is 1. The predicted octanol–water partition coefficient (Wildman–Crippen LogP) is 4.16. The van der Waals surface area contributed by atoms with Gasteiger partial charge in [0.15, 0.2) is 0 Å². The van der Waals surface area contributed by atoms with Crippen LogP contribution in [-0.4, -0.2) is 15.8 Å². The molecular formula is C14H20O2S. The van der Waals surface area contributed by atoms with Crippen LogP contribution < -0.4 is 0 Å². The van der Waals surface area contributed by atoms with Gasteiger partial charge in [0.2, 0.25) is 0 Å². The molecule has 0 spiro atoms. The highest BCUT2D eigenvalue weighted by Gasteiger charge is 2.23. The van der Waals surface area contributed by atoms with E-state index in [-0.39, 0.29) is 11.2 Å². The van der Waals surface area contributed by atoms with E-state index >= 15 is 0 Å². The minimum absolute atomic E-state index is 0.170. The highest BCUT2D eigenvalue weighted by molar-refractivity contribution is 8.00. The number of aliphatic carboxylic acids is 1. The van der Waals surface area contributed by atoms with E-state index in [0.717, 1.165) is 4.90 Å². The van der Waals surface area contributed by atoms with E-state index in [0.29, 0.717) is 5.92 Å². The average Bonchev–Trinajstić information content (AvgIpc) is 2.15. The molecule has 0 fully saturated rings. The smallest absolute Gasteiger partial charge is 0.304 e. The number of carboxylic acids is 1. The molecule has 1 aromatic carbocycles. The second-order valence-electron chi connectivity index (χ2n) is 5.16. The molecule has 0 saturated carbocycles. The van der Waals surface area contributed by atoms with Gasteiger partial charge in [-0.15, -0.1) is 11.8 Å². The van der Waals surface area contributed by atoms with Gasteiger partial charge in [0.25, 0.3) is 0 Å². The molecular weight excluding hydrogens is 232 g/mol. The molecule has 0 aromatic heterocycles. The Labute approximate surface area is 107 Å². The van der Waals surface area contributed by atoms with Crippen molar-refractivity contribution in [2.45, 2.75) is 49.7 Å². The minimum Gasteiger partial charge on any atom is -0.481 e. The zero-order valence-corrected chi connectivity index (χ0v) is 11.7. The molecule has 1 rings (SSSR count). The van der Waals surface area contributed by atoms with Gasteiger partial charge in [0, 0.05) is 9.64 Å². The van der Waals surface area contributed by atoms with Crippen molar-refractivity contribution in [3.63, 3.8) is 0 Å². The van der Waals surface area contributed by atoms with Gasteiger partial charge in [0.05, 0.1) is 6.42 Å². The molecule has 1 aromatic rings. The number of carbonyl (C=O) groups is 1. The fourth-order valence-electron chi connectivity index (χ4n) is 1.64. The van der Waals surface area contributed by atoms with Crippen molar-refractivity contribution in [2.24, 2.45) is 0 Å². The fourth-order valence-corrected chi connectivity index (χ4v) is 2.75. The van der Waals surface area contributed by atoms with Crippen molar-refractivity contribution in [1.29, 1.82) is 0 Å². The van der Waals surface area contributed by atoms with Gasteiger partial charge in [-0.2, -0.15) is 0 Å². The average molecular weight is 252 g/mol. The van der Waals surface area contributed by atoms with Crippen LogP contribution in [0.15, 0.2) is 29.2 Å². The first kappa shape index (κ1) is 14.1. The van der Waals surface area contributed by atoms with E-state index in [1.165, 1.54) is 5.56 Å². The molecule has 0 saturated heterocycles. The fraction of sp³-hybridized carbons (Fsp3) is 0.500. The monoisotopic (exact) mass is 252 g/mol. The van der Waals surface area contributed by atoms with E-state index in [9.17, 15) is 4.79 Å². The molecule has 0 aliphatic rings. The van der Waals surface area contributed by atoms with Crippen LogP contribution in [0.2, 0.25) is 0 Å². The Morgan fingerprint density at radius 3 is 2.24 bits per heavy atom. The number of carboxylic acid groups (broad SMARTS) is 1. The van der Waals surface area contributed by atoms with Crippen LogP contribution in [0.5, 0.6) is 0 Å². The molecule has 0 aliphatic heterocycles. The van der Waals surface area contributed by atoms with Gasteiger partial charge < -0.3 is 5.11 Å². The van der Waals surface area contributed by atoms with Crippen LogP contribution in [0.3, 0.4) is 0 Å². The number of hydrogen-bond acceptors (Lipinski definition) is 2. The number of rotatable bonds is 5. The highest BCUT2D eigenvalue weighted by atomic mass is 32.2. The highest BCUT2D eigenvalue weighted by Crippen LogP contribution is 2.35. The summed E-state index contributed by atoms with van der Waals surface area (Å²) in [5.74, 6) is -0.220. The lowest BCUT2D eigenvalue weighted by atomic mass is 10.0. The molecule has 17 heavy (non-hydrogen) atoms. The molecule has 2 nitrogen and oxygen atoms in total. The van der Waals surface area contributed by atoms with Crippen LogP contribution in [0.1, 0.15) is 45.6 Å². The first-order valence-corrected chi connectivity index (χ1v) is 6.62. The third-order valence-electron chi connectivity index (χ3n) is 2.52. The lowest BCUT2D eigenvalue weighted by molar-refractivity contribution is -0.137. The van der Waals surface area contributed by atoms with Crippen LogP contribution in [0, 0.1) is 0 Å². The number of thioether (sulfide) groups is 1. The minimum atomic E-state index is -0.749. The molecule has 3 heteroatoms. The summed E-state index contributed by atoms with van der Waals surface area (Å²) in [6.07, 6.45) is 0.170. The summed E-state index contributed by atoms with van der Waals surface area (Å²) in [7, 11) is 0. The maximum Gasteiger partial charge on any atom is 0.304 e. The summed E-state index contributed by atoms with van der Waals surface area (Å²) < 4.78 is -0.273. The van der Waals surface area contributed by atoms with E-state index in [2.05, 4.69) is 38.1 Å². The summed E-state index contributed by atoms with van der Waals surface area (Å²) in [4.78, 5) is 11.9. The Morgan fingerprint density at radius 1 is 1.29 bits per heavy atom. The lowest BCUT2D eigenvalue weighted by Crippen LogP contribution is -2.19. The van der Waals surface area contributed by atoms with Crippen LogP contribution in [-0.2, 0) is 4.79 Å². The third kappa shape index (κ3) is 4.82. The second-order valence-corrected chi connectivity index (χ2v) is 6.94. The predicted molar refractivity (Wildman–Crippen MR) is 72.7 cm³/mol. The molecule has 0 bridgehead atoms. The molecule has 0 atom stereocenters. The Morgan fingerprint density at radius 2 is 1.82 bits per heavy atom. The molecule has 1 N–H and O–H groups in total. The van der Waals surface area contributed by atoms with E-state index < -0.39 is 5.97 Å². The van der Waals surface area contributed by atoms with Gasteiger partial charge in [-0.3, -0.25) is 4.79 Å². The van der Waals surface area contributed by atoms with Gasteiger partial charge >= 0.3 is 5.97 Å². The maximum atomic E-state index is 10.7. The van der Waals surface area contributed by atoms with Gasteiger partial charge in [0.1, 0.15) is 0 Å². The molecule has 0 amide bonds. The van der Waals surface area contributed by atoms with Gasteiger partial charge in [-0.05, 0) is 37.5 Å². The SMILES string of the molecule is CC(C)c1ccc(SC(C)(C)CC(=O)O)cc1. The largest absolute Gasteiger partial charge is 0.481 e. The van der Waals surface area contributed by atoms with Crippen LogP contribution in [0.25, 0.3) is 0 Å². The molecule has 0 unspecified atom stereocenters. The van der Waals surface area contributed by atoms with E-state index in [1.807, 2.05) is 13.8 Å². The summed E-state index contributed by atoms with van der Waals surface area (Å²) in [6, 6.07) is 8.38. The van der Waals surface area contributed by atoms with Crippen molar-refractivity contribution >= 4 is 17.7 Å². The maximum absolute atomic E-state index is 10.7. The van der Waals surface area contributed by atoms with Crippen LogP contribution in [0.4, 0.5) is 0 Å². The molecule has 0 heterocycles. The second kappa shape index (κ2) is 5.58. The Bertz CT molecular complexity index is 380. The van der Waals surface area contributed by atoms with Crippen molar-refractivity contribution in [2.75, 3.05) is 0 Å².